The number of allylic oxidation sites excluding steroid dienone is 2. The zero-order chi connectivity index (χ0) is 37.5. The first-order chi connectivity index (χ1) is 25.5. The number of para-hydroxylation sites is 1. The Morgan fingerprint density at radius 2 is 1.91 bits per heavy atom. The quantitative estimate of drug-likeness (QED) is 0.0531. The third-order valence-corrected chi connectivity index (χ3v) is 12.4. The van der Waals surface area contributed by atoms with Gasteiger partial charge in [-0.15, -0.1) is 0 Å². The van der Waals surface area contributed by atoms with Crippen LogP contribution in [0, 0.1) is 0 Å². The fourth-order valence-electron chi connectivity index (χ4n) is 6.49. The number of hydrogen-bond donors (Lipinski definition) is 2. The molecular weight excluding hydrogens is 752 g/mol. The molecule has 3 heterocycles. The monoisotopic (exact) mass is 792 g/mol. The van der Waals surface area contributed by atoms with Crippen molar-refractivity contribution in [3.05, 3.63) is 106 Å². The van der Waals surface area contributed by atoms with Crippen LogP contribution in [-0.2, 0) is 26.3 Å². The number of aromatic nitrogens is 1. The molecule has 53 heavy (non-hydrogen) atoms. The summed E-state index contributed by atoms with van der Waals surface area (Å²) in [6, 6.07) is 20.5. The average Bonchev–Trinajstić information content (AvgIpc) is 3.65. The lowest BCUT2D eigenvalue weighted by Gasteiger charge is -2.32. The minimum absolute atomic E-state index is 0.105. The van der Waals surface area contributed by atoms with Crippen molar-refractivity contribution in [2.24, 2.45) is 0 Å². The molecule has 2 aliphatic rings. The van der Waals surface area contributed by atoms with Gasteiger partial charge in [0.1, 0.15) is 10.7 Å². The number of carboxylic acids is 1. The maximum atomic E-state index is 13.0. The molecule has 3 aromatic carbocycles. The summed E-state index contributed by atoms with van der Waals surface area (Å²) in [6.45, 7) is 3.68. The molecule has 10 nitrogen and oxygen atoms in total. The van der Waals surface area contributed by atoms with Gasteiger partial charge >= 0.3 is 5.97 Å². The van der Waals surface area contributed by atoms with Crippen LogP contribution in [0.5, 0.6) is 0 Å². The second kappa shape index (κ2) is 17.3. The van der Waals surface area contributed by atoms with E-state index in [4.69, 9.17) is 11.6 Å². The van der Waals surface area contributed by atoms with Gasteiger partial charge in [0.05, 0.1) is 20.8 Å². The molecule has 0 saturated heterocycles. The molecule has 1 amide bonds. The Bertz CT molecular complexity index is 2200. The van der Waals surface area contributed by atoms with Crippen molar-refractivity contribution in [3.63, 3.8) is 0 Å². The molecule has 0 saturated carbocycles. The van der Waals surface area contributed by atoms with E-state index in [0.717, 1.165) is 54.9 Å². The first-order valence-corrected chi connectivity index (χ1v) is 21.1. The van der Waals surface area contributed by atoms with Crippen LogP contribution in [-0.4, -0.2) is 54.8 Å². The number of amides is 1. The number of halogens is 1. The smallest absolute Gasteiger partial charge is 0.326 e. The molecule has 0 spiro atoms. The zero-order valence-corrected chi connectivity index (χ0v) is 32.4. The number of benzene rings is 3. The summed E-state index contributed by atoms with van der Waals surface area (Å²) in [4.78, 5) is 30.0. The van der Waals surface area contributed by atoms with Crippen molar-refractivity contribution in [2.75, 3.05) is 34.0 Å². The highest BCUT2D eigenvalue weighted by Crippen LogP contribution is 2.47. The number of anilines is 3. The fraction of sp³-hybridized carbons (Fsp3) is 0.308. The number of carboxylic acid groups (broad SMARTS) is 1. The molecular formula is C39H41ClN4O6S3. The van der Waals surface area contributed by atoms with Crippen molar-refractivity contribution in [1.29, 1.82) is 0 Å². The number of thiazole rings is 1. The van der Waals surface area contributed by atoms with E-state index in [1.165, 1.54) is 0 Å². The number of carbonyl (C=O) groups is 2. The Hall–Kier alpha value is -4.14. The van der Waals surface area contributed by atoms with Crippen molar-refractivity contribution < 1.29 is 32.2 Å². The van der Waals surface area contributed by atoms with Crippen LogP contribution in [0.25, 0.3) is 16.3 Å². The Morgan fingerprint density at radius 3 is 2.70 bits per heavy atom. The van der Waals surface area contributed by atoms with Gasteiger partial charge < -0.3 is 24.8 Å². The molecule has 2 N–H and O–H groups in total. The van der Waals surface area contributed by atoms with Crippen molar-refractivity contribution in [2.45, 2.75) is 62.9 Å². The Morgan fingerprint density at radius 1 is 1.08 bits per heavy atom. The van der Waals surface area contributed by atoms with E-state index >= 15 is 0 Å². The highest BCUT2D eigenvalue weighted by atomic mass is 35.5. The van der Waals surface area contributed by atoms with E-state index in [1.807, 2.05) is 83.8 Å². The van der Waals surface area contributed by atoms with Crippen molar-refractivity contribution in [1.82, 2.24) is 0 Å². The van der Waals surface area contributed by atoms with Crippen LogP contribution < -0.4 is 19.7 Å². The minimum atomic E-state index is -4.31. The molecule has 2 aliphatic heterocycles. The van der Waals surface area contributed by atoms with Gasteiger partial charge in [-0.1, -0.05) is 72.0 Å². The Balaban J connectivity index is 1.14. The lowest BCUT2D eigenvalue weighted by atomic mass is 10.1. The van der Waals surface area contributed by atoms with E-state index < -0.39 is 27.9 Å². The van der Waals surface area contributed by atoms with Gasteiger partial charge in [0.2, 0.25) is 11.4 Å². The minimum Gasteiger partial charge on any atom is -0.748 e. The van der Waals surface area contributed by atoms with Gasteiger partial charge in [-0.2, -0.15) is 4.57 Å². The number of aryl methyl sites for hydroxylation is 1. The Kier molecular flexibility index (Phi) is 12.6. The number of nitrogens with one attached hydrogen (secondary N) is 1. The second-order valence-corrected chi connectivity index (χ2v) is 16.9. The highest BCUT2D eigenvalue weighted by Gasteiger charge is 2.28. The lowest BCUT2D eigenvalue weighted by Crippen LogP contribution is -2.43. The molecule has 6 rings (SSSR count). The zero-order valence-electron chi connectivity index (χ0n) is 29.2. The van der Waals surface area contributed by atoms with Gasteiger partial charge in [-0.05, 0) is 79.8 Å². The molecule has 0 bridgehead atoms. The van der Waals surface area contributed by atoms with Crippen molar-refractivity contribution in [3.8, 4) is 0 Å². The molecule has 14 heteroatoms. The average molecular weight is 793 g/mol. The number of nitrogens with zero attached hydrogens (tertiary/aromatic N) is 3. The number of thioether (sulfide) groups is 1. The van der Waals surface area contributed by atoms with Crippen LogP contribution >= 0.6 is 34.7 Å². The Labute approximate surface area is 323 Å². The highest BCUT2D eigenvalue weighted by molar-refractivity contribution is 8.03. The van der Waals surface area contributed by atoms with Crippen LogP contribution in [0.3, 0.4) is 0 Å². The molecule has 1 atom stereocenters. The van der Waals surface area contributed by atoms with Gasteiger partial charge in [-0.25, -0.2) is 13.2 Å². The van der Waals surface area contributed by atoms with E-state index in [1.54, 1.807) is 23.1 Å². The third-order valence-electron chi connectivity index (χ3n) is 9.12. The summed E-state index contributed by atoms with van der Waals surface area (Å²) in [5, 5.41) is 15.3. The first-order valence-electron chi connectivity index (χ1n) is 17.6. The number of aliphatic carboxylic acids is 1. The topological polar surface area (TPSA) is 134 Å². The fourth-order valence-corrected chi connectivity index (χ4v) is 9.45. The van der Waals surface area contributed by atoms with Gasteiger partial charge in [0.15, 0.2) is 6.54 Å². The molecule has 4 aromatic rings. The van der Waals surface area contributed by atoms with E-state index in [9.17, 15) is 27.7 Å². The molecule has 0 fully saturated rings. The standard InChI is InChI=1S/C39H41ClN4O6S3/c1-2-27(23-37-43(21-10-22-53(48,49)50)31-13-3-4-15-34(31)51-37)24-38-44(33-25-28(40)17-18-35(33)52-38)20-8-6-16-36(45)41-29-11-9-12-30(26-29)42-19-7-5-14-32(42)39(46)47/h3-5,7,9,11-13,15,17-18,23-26,32H,2,6,8,10,14,16,19-22H2,1H3,(H2-,41,45,46,47,48,49,50). The molecule has 278 valence electrons. The maximum absolute atomic E-state index is 13.0. The van der Waals surface area contributed by atoms with Gasteiger partial charge in [-0.3, -0.25) is 4.79 Å². The summed E-state index contributed by atoms with van der Waals surface area (Å²) in [7, 11) is -4.31. The molecule has 1 aromatic heterocycles. The predicted molar refractivity (Wildman–Crippen MR) is 214 cm³/mol. The van der Waals surface area contributed by atoms with E-state index in [2.05, 4.69) is 33.9 Å². The summed E-state index contributed by atoms with van der Waals surface area (Å²) < 4.78 is 37.1. The molecule has 0 aliphatic carbocycles. The van der Waals surface area contributed by atoms with E-state index in [0.29, 0.717) is 49.6 Å². The van der Waals surface area contributed by atoms with Crippen LogP contribution in [0.4, 0.5) is 17.1 Å². The number of carbonyl (C=O) groups excluding carboxylic acids is 1. The van der Waals surface area contributed by atoms with Crippen LogP contribution in [0.15, 0.2) is 100 Å². The number of fused-ring (bicyclic) bond motifs is 2. The third kappa shape index (κ3) is 9.89. The molecule has 0 radical (unpaired) electrons. The normalized spacial score (nSPS) is 16.8. The SMILES string of the molecule is CCC(/C=C1\Sc2ccc(Cl)cc2N1CCCCC(=O)Nc1cccc(N2CC=CCC2C(=O)O)c1)=C\c1sc2ccccc2[n+]1CCCS(=O)(=O)[O-]. The number of rotatable bonds is 15. The maximum Gasteiger partial charge on any atom is 0.326 e. The van der Waals surface area contributed by atoms with E-state index in [-0.39, 0.29) is 12.3 Å². The summed E-state index contributed by atoms with van der Waals surface area (Å²) in [5.74, 6) is -1.39. The summed E-state index contributed by atoms with van der Waals surface area (Å²) in [5.41, 5.74) is 4.49. The summed E-state index contributed by atoms with van der Waals surface area (Å²) >= 11 is 9.75. The molecule has 1 unspecified atom stereocenters. The number of unbranched alkanes of at least 4 members (excludes halogenated alkanes) is 1. The predicted octanol–water partition coefficient (Wildman–Crippen LogP) is 8.05. The van der Waals surface area contributed by atoms with Crippen LogP contribution in [0.1, 0.15) is 50.5 Å². The number of hydrogen-bond acceptors (Lipinski definition) is 9. The second-order valence-electron chi connectivity index (χ2n) is 12.9. The summed E-state index contributed by atoms with van der Waals surface area (Å²) in [6.07, 6.45) is 11.3. The van der Waals surface area contributed by atoms with Gasteiger partial charge in [0.25, 0.3) is 5.01 Å². The van der Waals surface area contributed by atoms with Crippen LogP contribution in [0.2, 0.25) is 5.02 Å². The largest absolute Gasteiger partial charge is 0.748 e. The van der Waals surface area contributed by atoms with Gasteiger partial charge in [0, 0.05) is 65.1 Å². The first kappa shape index (κ1) is 38.6. The lowest BCUT2D eigenvalue weighted by molar-refractivity contribution is -0.668. The van der Waals surface area contributed by atoms with Crippen molar-refractivity contribution >= 4 is 90.0 Å².